The van der Waals surface area contributed by atoms with E-state index in [1.165, 1.54) is 5.56 Å². The highest BCUT2D eigenvalue weighted by atomic mass is 16.5. The SMILES string of the molecule is C=C(C)C(=O)OCC(O)COc1ccc(C(C)(C)c2ccc(OCC)cc2)cc1. The van der Waals surface area contributed by atoms with E-state index in [1.54, 1.807) is 6.92 Å². The van der Waals surface area contributed by atoms with Gasteiger partial charge in [0.2, 0.25) is 0 Å². The Morgan fingerprint density at radius 3 is 1.90 bits per heavy atom. The average Bonchev–Trinajstić information content (AvgIpc) is 2.71. The molecule has 0 bridgehead atoms. The molecule has 0 spiro atoms. The number of carbonyl (C=O) groups excluding carboxylic acids is 1. The number of esters is 1. The van der Waals surface area contributed by atoms with Crippen LogP contribution in [0.1, 0.15) is 38.8 Å². The molecule has 29 heavy (non-hydrogen) atoms. The van der Waals surface area contributed by atoms with Crippen LogP contribution in [0.15, 0.2) is 60.7 Å². The number of hydrogen-bond donors (Lipinski definition) is 1. The molecule has 2 aromatic rings. The Kier molecular flexibility index (Phi) is 7.85. The summed E-state index contributed by atoms with van der Waals surface area (Å²) in [5.74, 6) is 0.981. The van der Waals surface area contributed by atoms with Gasteiger partial charge in [-0.25, -0.2) is 4.79 Å². The third-order valence-corrected chi connectivity index (χ3v) is 4.66. The molecule has 5 heteroatoms. The summed E-state index contributed by atoms with van der Waals surface area (Å²) in [6.45, 7) is 11.9. The molecular formula is C24H30O5. The standard InChI is InChI=1S/C24H30O5/c1-6-27-21-11-7-18(8-12-21)24(4,5)19-9-13-22(14-10-19)28-15-20(25)16-29-23(26)17(2)3/h7-14,20,25H,2,6,15-16H2,1,3-5H3. The van der Waals surface area contributed by atoms with Crippen LogP contribution in [0.5, 0.6) is 11.5 Å². The van der Waals surface area contributed by atoms with Gasteiger partial charge in [0.25, 0.3) is 0 Å². The first kappa shape index (κ1) is 22.5. The minimum Gasteiger partial charge on any atom is -0.494 e. The van der Waals surface area contributed by atoms with Gasteiger partial charge in [0.1, 0.15) is 30.8 Å². The lowest BCUT2D eigenvalue weighted by Crippen LogP contribution is -2.25. The van der Waals surface area contributed by atoms with Crippen LogP contribution in [-0.2, 0) is 14.9 Å². The molecule has 0 aliphatic carbocycles. The monoisotopic (exact) mass is 398 g/mol. The van der Waals surface area contributed by atoms with E-state index in [0.29, 0.717) is 17.9 Å². The van der Waals surface area contributed by atoms with E-state index in [1.807, 2.05) is 43.3 Å². The van der Waals surface area contributed by atoms with E-state index in [4.69, 9.17) is 14.2 Å². The second-order valence-corrected chi connectivity index (χ2v) is 7.45. The maximum atomic E-state index is 11.3. The fourth-order valence-corrected chi connectivity index (χ4v) is 2.80. The largest absolute Gasteiger partial charge is 0.494 e. The maximum Gasteiger partial charge on any atom is 0.333 e. The van der Waals surface area contributed by atoms with E-state index in [9.17, 15) is 9.90 Å². The summed E-state index contributed by atoms with van der Waals surface area (Å²) < 4.78 is 16.0. The van der Waals surface area contributed by atoms with E-state index in [2.05, 4.69) is 32.6 Å². The number of aliphatic hydroxyl groups is 1. The zero-order valence-corrected chi connectivity index (χ0v) is 17.6. The van der Waals surface area contributed by atoms with Crippen LogP contribution < -0.4 is 9.47 Å². The highest BCUT2D eigenvalue weighted by molar-refractivity contribution is 5.86. The normalized spacial score (nSPS) is 12.2. The number of carbonyl (C=O) groups is 1. The molecule has 0 amide bonds. The lowest BCUT2D eigenvalue weighted by atomic mass is 9.78. The van der Waals surface area contributed by atoms with E-state index >= 15 is 0 Å². The molecule has 1 unspecified atom stereocenters. The molecule has 156 valence electrons. The quantitative estimate of drug-likeness (QED) is 0.478. The van der Waals surface area contributed by atoms with Crippen molar-refractivity contribution in [3.05, 3.63) is 71.8 Å². The van der Waals surface area contributed by atoms with Crippen LogP contribution >= 0.6 is 0 Å². The van der Waals surface area contributed by atoms with Crippen molar-refractivity contribution in [2.45, 2.75) is 39.2 Å². The zero-order chi connectivity index (χ0) is 21.4. The number of rotatable bonds is 10. The predicted molar refractivity (Wildman–Crippen MR) is 113 cm³/mol. The first-order valence-electron chi connectivity index (χ1n) is 9.71. The molecular weight excluding hydrogens is 368 g/mol. The highest BCUT2D eigenvalue weighted by Gasteiger charge is 2.23. The first-order chi connectivity index (χ1) is 13.7. The van der Waals surface area contributed by atoms with Crippen molar-refractivity contribution in [3.8, 4) is 11.5 Å². The summed E-state index contributed by atoms with van der Waals surface area (Å²) in [4.78, 5) is 11.3. The zero-order valence-electron chi connectivity index (χ0n) is 17.6. The summed E-state index contributed by atoms with van der Waals surface area (Å²) in [6.07, 6.45) is -0.904. The van der Waals surface area contributed by atoms with Crippen molar-refractivity contribution in [2.24, 2.45) is 0 Å². The van der Waals surface area contributed by atoms with Crippen molar-refractivity contribution >= 4 is 5.97 Å². The lowest BCUT2D eigenvalue weighted by Gasteiger charge is -2.26. The van der Waals surface area contributed by atoms with Gasteiger partial charge in [0, 0.05) is 11.0 Å². The smallest absolute Gasteiger partial charge is 0.333 e. The van der Waals surface area contributed by atoms with Crippen molar-refractivity contribution in [1.29, 1.82) is 0 Å². The van der Waals surface area contributed by atoms with Gasteiger partial charge < -0.3 is 19.3 Å². The lowest BCUT2D eigenvalue weighted by molar-refractivity contribution is -0.142. The summed E-state index contributed by atoms with van der Waals surface area (Å²) in [7, 11) is 0. The van der Waals surface area contributed by atoms with Crippen LogP contribution in [0.2, 0.25) is 0 Å². The molecule has 0 aliphatic rings. The molecule has 1 atom stereocenters. The number of hydrogen-bond acceptors (Lipinski definition) is 5. The topological polar surface area (TPSA) is 65.0 Å². The fourth-order valence-electron chi connectivity index (χ4n) is 2.80. The summed E-state index contributed by atoms with van der Waals surface area (Å²) in [5, 5.41) is 9.89. The summed E-state index contributed by atoms with van der Waals surface area (Å²) >= 11 is 0. The van der Waals surface area contributed by atoms with Crippen molar-refractivity contribution < 1.29 is 24.1 Å². The van der Waals surface area contributed by atoms with Crippen molar-refractivity contribution in [2.75, 3.05) is 19.8 Å². The molecule has 0 heterocycles. The van der Waals surface area contributed by atoms with Crippen LogP contribution in [0.3, 0.4) is 0 Å². The van der Waals surface area contributed by atoms with Gasteiger partial charge in [-0.3, -0.25) is 0 Å². The Balaban J connectivity index is 1.94. The van der Waals surface area contributed by atoms with Gasteiger partial charge >= 0.3 is 5.97 Å². The van der Waals surface area contributed by atoms with E-state index in [-0.39, 0.29) is 18.6 Å². The molecule has 0 saturated heterocycles. The van der Waals surface area contributed by atoms with Crippen LogP contribution in [0, 0.1) is 0 Å². The Hall–Kier alpha value is -2.79. The predicted octanol–water partition coefficient (Wildman–Crippen LogP) is 4.27. The molecule has 0 aliphatic heterocycles. The Bertz CT molecular complexity index is 806. The number of aliphatic hydroxyl groups excluding tert-OH is 1. The molecule has 5 nitrogen and oxygen atoms in total. The summed E-state index contributed by atoms with van der Waals surface area (Å²) in [6, 6.07) is 15.9. The molecule has 1 N–H and O–H groups in total. The van der Waals surface area contributed by atoms with Gasteiger partial charge in [-0.1, -0.05) is 44.7 Å². The van der Waals surface area contributed by atoms with Crippen molar-refractivity contribution in [3.63, 3.8) is 0 Å². The average molecular weight is 398 g/mol. The van der Waals surface area contributed by atoms with E-state index in [0.717, 1.165) is 11.3 Å². The third kappa shape index (κ3) is 6.36. The molecule has 2 aromatic carbocycles. The minimum atomic E-state index is -0.904. The van der Waals surface area contributed by atoms with Crippen molar-refractivity contribution in [1.82, 2.24) is 0 Å². The first-order valence-corrected chi connectivity index (χ1v) is 9.71. The minimum absolute atomic E-state index is 0.0328. The third-order valence-electron chi connectivity index (χ3n) is 4.66. The van der Waals surface area contributed by atoms with Gasteiger partial charge in [0.15, 0.2) is 0 Å². The highest BCUT2D eigenvalue weighted by Crippen LogP contribution is 2.33. The maximum absolute atomic E-state index is 11.3. The molecule has 0 saturated carbocycles. The molecule has 0 fully saturated rings. The van der Waals surface area contributed by atoms with Gasteiger partial charge in [-0.05, 0) is 49.2 Å². The molecule has 0 aromatic heterocycles. The second-order valence-electron chi connectivity index (χ2n) is 7.45. The Labute approximate surface area is 172 Å². The molecule has 2 rings (SSSR count). The second kappa shape index (κ2) is 10.1. The Morgan fingerprint density at radius 2 is 1.45 bits per heavy atom. The van der Waals surface area contributed by atoms with Gasteiger partial charge in [0.05, 0.1) is 6.61 Å². The van der Waals surface area contributed by atoms with Gasteiger partial charge in [-0.15, -0.1) is 0 Å². The van der Waals surface area contributed by atoms with Crippen LogP contribution in [-0.4, -0.2) is 37.0 Å². The fraction of sp³-hybridized carbons (Fsp3) is 0.375. The van der Waals surface area contributed by atoms with Gasteiger partial charge in [-0.2, -0.15) is 0 Å². The summed E-state index contributed by atoms with van der Waals surface area (Å²) in [5.41, 5.74) is 2.44. The van der Waals surface area contributed by atoms with Crippen LogP contribution in [0.25, 0.3) is 0 Å². The number of benzene rings is 2. The van der Waals surface area contributed by atoms with Crippen LogP contribution in [0.4, 0.5) is 0 Å². The van der Waals surface area contributed by atoms with E-state index < -0.39 is 12.1 Å². The Morgan fingerprint density at radius 1 is 0.966 bits per heavy atom. The molecule has 0 radical (unpaired) electrons. The number of ether oxygens (including phenoxy) is 3.